The van der Waals surface area contributed by atoms with Crippen molar-refractivity contribution in [2.75, 3.05) is 0 Å². The molecular weight excluding hydrogens is 210 g/mol. The van der Waals surface area contributed by atoms with E-state index in [1.165, 1.54) is 25.7 Å². The van der Waals surface area contributed by atoms with E-state index in [1.54, 1.807) is 0 Å². The molecule has 1 amide bonds. The molecule has 0 aromatic heterocycles. The third-order valence-electron chi connectivity index (χ3n) is 3.55. The number of rotatable bonds is 6. The van der Waals surface area contributed by atoms with Gasteiger partial charge in [0.25, 0.3) is 0 Å². The molecule has 1 aliphatic carbocycles. The number of amides is 1. The summed E-state index contributed by atoms with van der Waals surface area (Å²) >= 11 is 0. The van der Waals surface area contributed by atoms with E-state index in [9.17, 15) is 4.79 Å². The van der Waals surface area contributed by atoms with E-state index in [-0.39, 0.29) is 17.9 Å². The van der Waals surface area contributed by atoms with Crippen LogP contribution in [0.25, 0.3) is 0 Å². The normalized spacial score (nSPS) is 19.1. The Bertz CT molecular complexity index is 252. The molecule has 1 aliphatic rings. The first-order chi connectivity index (χ1) is 8.13. The first-order valence-electron chi connectivity index (χ1n) is 7.05. The fourth-order valence-electron chi connectivity index (χ4n) is 2.66. The van der Waals surface area contributed by atoms with Gasteiger partial charge in [-0.2, -0.15) is 0 Å². The van der Waals surface area contributed by atoms with Gasteiger partial charge in [-0.1, -0.05) is 37.8 Å². The Balaban J connectivity index is 2.48. The van der Waals surface area contributed by atoms with Gasteiger partial charge in [-0.25, -0.2) is 0 Å². The lowest BCUT2D eigenvalue weighted by Crippen LogP contribution is -2.36. The van der Waals surface area contributed by atoms with Gasteiger partial charge < -0.3 is 5.32 Å². The van der Waals surface area contributed by atoms with Crippen LogP contribution in [-0.2, 0) is 4.79 Å². The van der Waals surface area contributed by atoms with Crippen LogP contribution < -0.4 is 5.32 Å². The summed E-state index contributed by atoms with van der Waals surface area (Å²) in [5, 5.41) is 3.05. The van der Waals surface area contributed by atoms with Gasteiger partial charge in [-0.05, 0) is 39.5 Å². The summed E-state index contributed by atoms with van der Waals surface area (Å²) < 4.78 is 0. The monoisotopic (exact) mass is 237 g/mol. The lowest BCUT2D eigenvalue weighted by atomic mass is 9.90. The van der Waals surface area contributed by atoms with Gasteiger partial charge in [0.15, 0.2) is 0 Å². The summed E-state index contributed by atoms with van der Waals surface area (Å²) in [6.45, 7) is 6.08. The van der Waals surface area contributed by atoms with Crippen LogP contribution in [0.15, 0.2) is 12.2 Å². The van der Waals surface area contributed by atoms with Gasteiger partial charge in [0.05, 0.1) is 0 Å². The van der Waals surface area contributed by atoms with Gasteiger partial charge in [0, 0.05) is 12.0 Å². The summed E-state index contributed by atoms with van der Waals surface area (Å²) in [4.78, 5) is 12.1. The number of hydrogen-bond donors (Lipinski definition) is 1. The van der Waals surface area contributed by atoms with Crippen molar-refractivity contribution >= 4 is 5.91 Å². The molecule has 1 saturated carbocycles. The number of carbonyl (C=O) groups excluding carboxylic acids is 1. The van der Waals surface area contributed by atoms with Gasteiger partial charge >= 0.3 is 0 Å². The summed E-state index contributed by atoms with van der Waals surface area (Å²) in [5.41, 5.74) is 0. The molecule has 17 heavy (non-hydrogen) atoms. The second-order valence-corrected chi connectivity index (χ2v) is 5.55. The van der Waals surface area contributed by atoms with Crippen molar-refractivity contribution in [1.29, 1.82) is 0 Å². The molecule has 1 N–H and O–H groups in total. The fourth-order valence-corrected chi connectivity index (χ4v) is 2.66. The van der Waals surface area contributed by atoms with Crippen molar-refractivity contribution in [3.63, 3.8) is 0 Å². The predicted octanol–water partition coefficient (Wildman–Crippen LogP) is 3.67. The Morgan fingerprint density at radius 1 is 1.35 bits per heavy atom. The molecule has 0 aliphatic heterocycles. The first-order valence-corrected chi connectivity index (χ1v) is 7.05. The van der Waals surface area contributed by atoms with E-state index in [4.69, 9.17) is 0 Å². The largest absolute Gasteiger partial charge is 0.354 e. The zero-order valence-corrected chi connectivity index (χ0v) is 11.5. The molecule has 0 heterocycles. The van der Waals surface area contributed by atoms with Crippen molar-refractivity contribution in [3.05, 3.63) is 12.2 Å². The highest BCUT2D eigenvalue weighted by Gasteiger charge is 2.24. The highest BCUT2D eigenvalue weighted by Crippen LogP contribution is 2.31. The van der Waals surface area contributed by atoms with Crippen molar-refractivity contribution in [1.82, 2.24) is 5.32 Å². The van der Waals surface area contributed by atoms with Crippen LogP contribution in [0, 0.1) is 11.8 Å². The number of carbonyl (C=O) groups is 1. The van der Waals surface area contributed by atoms with Gasteiger partial charge in [-0.15, -0.1) is 0 Å². The second-order valence-electron chi connectivity index (χ2n) is 5.55. The number of allylic oxidation sites excluding steroid dienone is 2. The number of nitrogens with one attached hydrogen (secondary N) is 1. The van der Waals surface area contributed by atoms with E-state index >= 15 is 0 Å². The Kier molecular flexibility index (Phi) is 6.31. The lowest BCUT2D eigenvalue weighted by Gasteiger charge is -2.20. The highest BCUT2D eigenvalue weighted by atomic mass is 16.1. The Hall–Kier alpha value is -0.790. The second kappa shape index (κ2) is 7.52. The predicted molar refractivity (Wildman–Crippen MR) is 72.8 cm³/mol. The highest BCUT2D eigenvalue weighted by molar-refractivity contribution is 5.79. The molecule has 1 rings (SSSR count). The third kappa shape index (κ3) is 5.38. The topological polar surface area (TPSA) is 29.1 Å². The van der Waals surface area contributed by atoms with Crippen molar-refractivity contribution in [3.8, 4) is 0 Å². The van der Waals surface area contributed by atoms with Crippen LogP contribution in [-0.4, -0.2) is 11.9 Å². The number of hydrogen-bond acceptors (Lipinski definition) is 1. The molecule has 0 radical (unpaired) electrons. The van der Waals surface area contributed by atoms with Crippen molar-refractivity contribution in [2.24, 2.45) is 11.8 Å². The minimum absolute atomic E-state index is 0.178. The molecule has 98 valence electrons. The molecule has 0 aromatic carbocycles. The molecule has 2 heteroatoms. The molecule has 1 atom stereocenters. The van der Waals surface area contributed by atoms with Crippen LogP contribution in [0.4, 0.5) is 0 Å². The summed E-state index contributed by atoms with van der Waals surface area (Å²) in [7, 11) is 0. The smallest absolute Gasteiger partial charge is 0.223 e. The van der Waals surface area contributed by atoms with Crippen LogP contribution in [0.2, 0.25) is 0 Å². The Morgan fingerprint density at radius 2 is 2.00 bits per heavy atom. The van der Waals surface area contributed by atoms with Crippen molar-refractivity contribution in [2.45, 2.75) is 65.3 Å². The standard InChI is InChI=1S/C15H27NO/c1-4-5-10-14(15(17)16-12(2)3)11-13-8-6-7-9-13/h4-5,12-14H,6-11H2,1-3H3,(H,16,17)/b5-4+. The van der Waals surface area contributed by atoms with E-state index in [0.717, 1.165) is 18.8 Å². The van der Waals surface area contributed by atoms with Gasteiger partial charge in [0.1, 0.15) is 0 Å². The van der Waals surface area contributed by atoms with Crippen LogP contribution in [0.5, 0.6) is 0 Å². The SMILES string of the molecule is C/C=C/CC(CC1CCCC1)C(=O)NC(C)C. The summed E-state index contributed by atoms with van der Waals surface area (Å²) in [6.07, 6.45) is 11.5. The van der Waals surface area contributed by atoms with Crippen LogP contribution in [0.1, 0.15) is 59.3 Å². The maximum Gasteiger partial charge on any atom is 0.223 e. The Labute approximate surface area is 106 Å². The Morgan fingerprint density at radius 3 is 2.53 bits per heavy atom. The summed E-state index contributed by atoms with van der Waals surface area (Å²) in [5.74, 6) is 1.20. The minimum atomic E-state index is 0.178. The van der Waals surface area contributed by atoms with Gasteiger partial charge in [-0.3, -0.25) is 4.79 Å². The minimum Gasteiger partial charge on any atom is -0.354 e. The first kappa shape index (κ1) is 14.3. The summed E-state index contributed by atoms with van der Waals surface area (Å²) in [6, 6.07) is 0.249. The maximum atomic E-state index is 12.1. The van der Waals surface area contributed by atoms with E-state index < -0.39 is 0 Å². The molecule has 0 bridgehead atoms. The third-order valence-corrected chi connectivity index (χ3v) is 3.55. The quantitative estimate of drug-likeness (QED) is 0.702. The zero-order chi connectivity index (χ0) is 12.7. The molecule has 0 spiro atoms. The van der Waals surface area contributed by atoms with E-state index in [1.807, 2.05) is 26.8 Å². The average Bonchev–Trinajstić information content (AvgIpc) is 2.75. The van der Waals surface area contributed by atoms with Crippen LogP contribution in [0.3, 0.4) is 0 Å². The zero-order valence-electron chi connectivity index (χ0n) is 11.5. The molecule has 1 unspecified atom stereocenters. The fraction of sp³-hybridized carbons (Fsp3) is 0.800. The van der Waals surface area contributed by atoms with Crippen molar-refractivity contribution < 1.29 is 4.79 Å². The molecule has 0 aromatic rings. The molecule has 2 nitrogen and oxygen atoms in total. The van der Waals surface area contributed by atoms with Gasteiger partial charge in [0.2, 0.25) is 5.91 Å². The maximum absolute atomic E-state index is 12.1. The van der Waals surface area contributed by atoms with E-state index in [0.29, 0.717) is 0 Å². The van der Waals surface area contributed by atoms with E-state index in [2.05, 4.69) is 11.4 Å². The molecular formula is C15H27NO. The average molecular weight is 237 g/mol. The van der Waals surface area contributed by atoms with Crippen LogP contribution >= 0.6 is 0 Å². The molecule has 0 saturated heterocycles. The lowest BCUT2D eigenvalue weighted by molar-refractivity contribution is -0.126. The molecule has 1 fully saturated rings.